The van der Waals surface area contributed by atoms with E-state index in [1.165, 1.54) is 51.8 Å². The second kappa shape index (κ2) is 6.78. The van der Waals surface area contributed by atoms with Crippen LogP contribution in [0, 0.1) is 0 Å². The smallest absolute Gasteiger partial charge is 0.355 e. The van der Waals surface area contributed by atoms with E-state index in [1.54, 1.807) is 0 Å². The number of carbonyl (C=O) groups excluding carboxylic acids is 1. The highest BCUT2D eigenvalue weighted by molar-refractivity contribution is 6.14. The Balaban J connectivity index is 2.59. The van der Waals surface area contributed by atoms with Gasteiger partial charge in [-0.05, 0) is 24.3 Å². The number of hydrogen-bond acceptors (Lipinski definition) is 6. The molecule has 2 rings (SSSR count). The van der Waals surface area contributed by atoms with Gasteiger partial charge in [0.2, 0.25) is 5.75 Å². The van der Waals surface area contributed by atoms with Gasteiger partial charge in [-0.1, -0.05) is 0 Å². The fourth-order valence-electron chi connectivity index (χ4n) is 2.13. The predicted molar refractivity (Wildman–Crippen MR) is 80.7 cm³/mol. The molecule has 1 aromatic carbocycles. The maximum absolute atomic E-state index is 12.7. The standard InChI is InChI=1S/C16H15NO6/c1-21-11-7-9(8-12(22-2)15(11)23-3)14(18)10-5-4-6-17-13(10)16(19)20/h4-8H,1-3H3,(H,19,20). The van der Waals surface area contributed by atoms with Gasteiger partial charge in [-0.25, -0.2) is 9.78 Å². The minimum atomic E-state index is -1.28. The van der Waals surface area contributed by atoms with Crippen LogP contribution in [-0.4, -0.2) is 43.2 Å². The van der Waals surface area contributed by atoms with Crippen molar-refractivity contribution in [2.24, 2.45) is 0 Å². The minimum absolute atomic E-state index is 0.0192. The summed E-state index contributed by atoms with van der Waals surface area (Å²) in [4.78, 5) is 27.6. The van der Waals surface area contributed by atoms with Crippen molar-refractivity contribution in [1.82, 2.24) is 4.98 Å². The highest BCUT2D eigenvalue weighted by atomic mass is 16.5. The second-order valence-corrected chi connectivity index (χ2v) is 4.45. The Morgan fingerprint density at radius 2 is 1.65 bits per heavy atom. The summed E-state index contributed by atoms with van der Waals surface area (Å²) in [5.74, 6) is -0.834. The first-order valence-electron chi connectivity index (χ1n) is 6.56. The van der Waals surface area contributed by atoms with Gasteiger partial charge < -0.3 is 19.3 Å². The quantitative estimate of drug-likeness (QED) is 0.814. The lowest BCUT2D eigenvalue weighted by Crippen LogP contribution is -2.12. The number of nitrogens with zero attached hydrogens (tertiary/aromatic N) is 1. The SMILES string of the molecule is COc1cc(C(=O)c2cccnc2C(=O)O)cc(OC)c1OC. The van der Waals surface area contributed by atoms with Crippen LogP contribution in [-0.2, 0) is 0 Å². The summed E-state index contributed by atoms with van der Waals surface area (Å²) in [6.07, 6.45) is 1.31. The molecule has 0 aliphatic heterocycles. The van der Waals surface area contributed by atoms with E-state index in [9.17, 15) is 9.59 Å². The lowest BCUT2D eigenvalue weighted by atomic mass is 10.0. The molecule has 0 saturated carbocycles. The zero-order valence-electron chi connectivity index (χ0n) is 12.8. The number of hydrogen-bond donors (Lipinski definition) is 1. The summed E-state index contributed by atoms with van der Waals surface area (Å²) < 4.78 is 15.6. The van der Waals surface area contributed by atoms with Gasteiger partial charge in [-0.15, -0.1) is 0 Å². The third-order valence-electron chi connectivity index (χ3n) is 3.18. The van der Waals surface area contributed by atoms with Crippen molar-refractivity contribution in [2.45, 2.75) is 0 Å². The molecule has 0 spiro atoms. The number of ketones is 1. The van der Waals surface area contributed by atoms with Crippen molar-refractivity contribution in [3.8, 4) is 17.2 Å². The van der Waals surface area contributed by atoms with Gasteiger partial charge in [0.15, 0.2) is 23.0 Å². The Labute approximate surface area is 132 Å². The summed E-state index contributed by atoms with van der Waals surface area (Å²) >= 11 is 0. The Bertz CT molecular complexity index is 731. The van der Waals surface area contributed by atoms with E-state index in [2.05, 4.69) is 4.98 Å². The normalized spacial score (nSPS) is 10.0. The number of pyridine rings is 1. The Morgan fingerprint density at radius 1 is 1.04 bits per heavy atom. The largest absolute Gasteiger partial charge is 0.493 e. The Morgan fingerprint density at radius 3 is 2.13 bits per heavy atom. The van der Waals surface area contributed by atoms with Crippen molar-refractivity contribution >= 4 is 11.8 Å². The highest BCUT2D eigenvalue weighted by Crippen LogP contribution is 2.38. The summed E-state index contributed by atoms with van der Waals surface area (Å²) in [7, 11) is 4.31. The number of carbonyl (C=O) groups is 2. The van der Waals surface area contributed by atoms with Crippen LogP contribution in [0.25, 0.3) is 0 Å². The Kier molecular flexibility index (Phi) is 4.80. The third kappa shape index (κ3) is 3.08. The van der Waals surface area contributed by atoms with Crippen LogP contribution < -0.4 is 14.2 Å². The molecule has 120 valence electrons. The molecule has 1 N–H and O–H groups in total. The third-order valence-corrected chi connectivity index (χ3v) is 3.18. The molecule has 2 aromatic rings. The molecule has 0 aliphatic carbocycles. The van der Waals surface area contributed by atoms with E-state index in [1.807, 2.05) is 0 Å². The summed E-state index contributed by atoms with van der Waals surface area (Å²) in [6.45, 7) is 0. The van der Waals surface area contributed by atoms with Crippen molar-refractivity contribution in [3.63, 3.8) is 0 Å². The molecule has 0 fully saturated rings. The molecule has 7 heteroatoms. The number of carboxylic acids is 1. The van der Waals surface area contributed by atoms with Crippen molar-refractivity contribution in [1.29, 1.82) is 0 Å². The number of aromatic carboxylic acids is 1. The van der Waals surface area contributed by atoms with Crippen LogP contribution in [0.5, 0.6) is 17.2 Å². The summed E-state index contributed by atoms with van der Waals surface area (Å²) in [6, 6.07) is 5.82. The molecule has 0 amide bonds. The van der Waals surface area contributed by atoms with E-state index in [4.69, 9.17) is 19.3 Å². The zero-order valence-corrected chi connectivity index (χ0v) is 12.8. The molecule has 0 bridgehead atoms. The number of benzene rings is 1. The monoisotopic (exact) mass is 317 g/mol. The first kappa shape index (κ1) is 16.3. The van der Waals surface area contributed by atoms with E-state index >= 15 is 0 Å². The number of rotatable bonds is 6. The van der Waals surface area contributed by atoms with Crippen LogP contribution in [0.15, 0.2) is 30.5 Å². The first-order chi connectivity index (χ1) is 11.0. The number of aromatic nitrogens is 1. The van der Waals surface area contributed by atoms with Gasteiger partial charge in [0.1, 0.15) is 0 Å². The van der Waals surface area contributed by atoms with Gasteiger partial charge in [0.25, 0.3) is 0 Å². The summed E-state index contributed by atoms with van der Waals surface area (Å²) in [5, 5.41) is 9.16. The maximum Gasteiger partial charge on any atom is 0.355 e. The molecule has 0 saturated heterocycles. The molecule has 0 unspecified atom stereocenters. The van der Waals surface area contributed by atoms with Crippen molar-refractivity contribution in [3.05, 3.63) is 47.3 Å². The molecule has 0 radical (unpaired) electrons. The Hall–Kier alpha value is -3.09. The van der Waals surface area contributed by atoms with Gasteiger partial charge in [0.05, 0.1) is 26.9 Å². The number of carboxylic acid groups (broad SMARTS) is 1. The number of methoxy groups -OCH3 is 3. The van der Waals surface area contributed by atoms with Gasteiger partial charge >= 0.3 is 5.97 Å². The lowest BCUT2D eigenvalue weighted by Gasteiger charge is -2.14. The average molecular weight is 317 g/mol. The topological polar surface area (TPSA) is 95.0 Å². The molecule has 1 aromatic heterocycles. The van der Waals surface area contributed by atoms with E-state index < -0.39 is 11.8 Å². The molecular weight excluding hydrogens is 302 g/mol. The van der Waals surface area contributed by atoms with E-state index in [0.717, 1.165) is 0 Å². The molecule has 0 atom stereocenters. The molecule has 0 aliphatic rings. The van der Waals surface area contributed by atoms with Crippen LogP contribution in [0.1, 0.15) is 26.4 Å². The van der Waals surface area contributed by atoms with Crippen molar-refractivity contribution in [2.75, 3.05) is 21.3 Å². The van der Waals surface area contributed by atoms with E-state index in [0.29, 0.717) is 17.2 Å². The lowest BCUT2D eigenvalue weighted by molar-refractivity contribution is 0.0686. The molecule has 23 heavy (non-hydrogen) atoms. The second-order valence-electron chi connectivity index (χ2n) is 4.45. The fraction of sp³-hybridized carbons (Fsp3) is 0.188. The number of ether oxygens (including phenoxy) is 3. The fourth-order valence-corrected chi connectivity index (χ4v) is 2.13. The van der Waals surface area contributed by atoms with Gasteiger partial charge in [-0.3, -0.25) is 4.79 Å². The predicted octanol–water partition coefficient (Wildman–Crippen LogP) is 2.04. The van der Waals surface area contributed by atoms with Crippen LogP contribution in [0.4, 0.5) is 0 Å². The molecule has 7 nitrogen and oxygen atoms in total. The average Bonchev–Trinajstić information content (AvgIpc) is 2.59. The van der Waals surface area contributed by atoms with E-state index in [-0.39, 0.29) is 16.8 Å². The van der Waals surface area contributed by atoms with Crippen LogP contribution in [0.2, 0.25) is 0 Å². The minimum Gasteiger partial charge on any atom is -0.493 e. The highest BCUT2D eigenvalue weighted by Gasteiger charge is 2.22. The van der Waals surface area contributed by atoms with Gasteiger partial charge in [0, 0.05) is 11.8 Å². The molecular formula is C16H15NO6. The van der Waals surface area contributed by atoms with Gasteiger partial charge in [-0.2, -0.15) is 0 Å². The zero-order chi connectivity index (χ0) is 17.0. The van der Waals surface area contributed by atoms with Crippen molar-refractivity contribution < 1.29 is 28.9 Å². The van der Waals surface area contributed by atoms with Crippen LogP contribution >= 0.6 is 0 Å². The van der Waals surface area contributed by atoms with Crippen LogP contribution in [0.3, 0.4) is 0 Å². The summed E-state index contributed by atoms with van der Waals surface area (Å²) in [5.41, 5.74) is -0.129. The maximum atomic E-state index is 12.7. The molecule has 1 heterocycles. The first-order valence-corrected chi connectivity index (χ1v) is 6.56.